The molecule has 0 spiro atoms. The maximum absolute atomic E-state index is 13.7. The molecule has 34 heavy (non-hydrogen) atoms. The second kappa shape index (κ2) is 9.67. The number of carbonyl (C=O) groups excluding carboxylic acids is 1. The fourth-order valence-electron chi connectivity index (χ4n) is 4.11. The van der Waals surface area contributed by atoms with Crippen molar-refractivity contribution in [2.75, 3.05) is 20.2 Å². The minimum absolute atomic E-state index is 0.0379. The van der Waals surface area contributed by atoms with Gasteiger partial charge in [-0.05, 0) is 56.2 Å². The number of imidazole rings is 1. The van der Waals surface area contributed by atoms with Gasteiger partial charge >= 0.3 is 12.5 Å². The minimum Gasteiger partial charge on any atom is -0.497 e. The van der Waals surface area contributed by atoms with Crippen molar-refractivity contribution in [1.29, 1.82) is 0 Å². The molecule has 11 heteroatoms. The number of nitrogens with zero attached hydrogens (tertiary/aromatic N) is 3. The van der Waals surface area contributed by atoms with Crippen molar-refractivity contribution < 1.29 is 31.5 Å². The van der Waals surface area contributed by atoms with Crippen LogP contribution in [-0.4, -0.2) is 48.4 Å². The monoisotopic (exact) mass is 493 g/mol. The van der Waals surface area contributed by atoms with Gasteiger partial charge in [-0.3, -0.25) is 9.36 Å². The average Bonchev–Trinajstić information content (AvgIpc) is 3.24. The number of carbonyl (C=O) groups is 1. The summed E-state index contributed by atoms with van der Waals surface area (Å²) in [5.74, 6) is -0.574. The smallest absolute Gasteiger partial charge is 0.320 e. The standard InChI is InChI=1S/C23H25F2N3O5S/c1-15(21-26-19-5-3-4-6-20(19)28(21)23(24)25)33-22(29)16-11-13-27(14-12-16)34(30,31)18-9-7-17(32-2)8-10-18/h3-10,15-16,23H,11-14H2,1-2H3. The number of methoxy groups -OCH3 is 1. The van der Waals surface area contributed by atoms with Gasteiger partial charge < -0.3 is 9.47 Å². The van der Waals surface area contributed by atoms with E-state index in [-0.39, 0.29) is 42.2 Å². The van der Waals surface area contributed by atoms with Gasteiger partial charge in [0.2, 0.25) is 10.0 Å². The van der Waals surface area contributed by atoms with Crippen LogP contribution < -0.4 is 4.74 Å². The normalized spacial score (nSPS) is 16.6. The molecule has 0 radical (unpaired) electrons. The molecular weight excluding hydrogens is 468 g/mol. The highest BCUT2D eigenvalue weighted by Crippen LogP contribution is 2.30. The number of esters is 1. The highest BCUT2D eigenvalue weighted by Gasteiger charge is 2.34. The molecule has 0 N–H and O–H groups in total. The van der Waals surface area contributed by atoms with Gasteiger partial charge in [-0.15, -0.1) is 0 Å². The van der Waals surface area contributed by atoms with Crippen LogP contribution in [0, 0.1) is 5.92 Å². The fourth-order valence-corrected chi connectivity index (χ4v) is 5.58. The zero-order chi connectivity index (χ0) is 24.5. The maximum Gasteiger partial charge on any atom is 0.320 e. The van der Waals surface area contributed by atoms with E-state index in [0.717, 1.165) is 4.57 Å². The Kier molecular flexibility index (Phi) is 6.85. The second-order valence-electron chi connectivity index (χ2n) is 8.04. The molecule has 2 aromatic carbocycles. The Labute approximate surface area is 196 Å². The molecular formula is C23H25F2N3O5S. The number of halogens is 2. The van der Waals surface area contributed by atoms with E-state index >= 15 is 0 Å². The Morgan fingerprint density at radius 3 is 2.35 bits per heavy atom. The predicted molar refractivity (Wildman–Crippen MR) is 120 cm³/mol. The summed E-state index contributed by atoms with van der Waals surface area (Å²) in [4.78, 5) is 17.1. The van der Waals surface area contributed by atoms with Crippen LogP contribution in [-0.2, 0) is 19.6 Å². The SMILES string of the molecule is COc1ccc(S(=O)(=O)N2CCC(C(=O)OC(C)c3nc4ccccc4n3C(F)F)CC2)cc1. The zero-order valence-electron chi connectivity index (χ0n) is 18.7. The summed E-state index contributed by atoms with van der Waals surface area (Å²) < 4.78 is 65.8. The Balaban J connectivity index is 1.41. The summed E-state index contributed by atoms with van der Waals surface area (Å²) >= 11 is 0. The average molecular weight is 494 g/mol. The number of aromatic nitrogens is 2. The van der Waals surface area contributed by atoms with Crippen molar-refractivity contribution in [3.05, 3.63) is 54.4 Å². The first kappa shape index (κ1) is 24.1. The first-order valence-corrected chi connectivity index (χ1v) is 12.3. The summed E-state index contributed by atoms with van der Waals surface area (Å²) in [5.41, 5.74) is 0.644. The largest absolute Gasteiger partial charge is 0.497 e. The van der Waals surface area contributed by atoms with Crippen LogP contribution in [0.3, 0.4) is 0 Å². The van der Waals surface area contributed by atoms with Gasteiger partial charge in [-0.1, -0.05) is 12.1 Å². The fraction of sp³-hybridized carbons (Fsp3) is 0.391. The molecule has 1 saturated heterocycles. The van der Waals surface area contributed by atoms with E-state index in [1.807, 2.05) is 0 Å². The van der Waals surface area contributed by atoms with E-state index in [1.54, 1.807) is 30.3 Å². The van der Waals surface area contributed by atoms with Gasteiger partial charge in [-0.2, -0.15) is 13.1 Å². The van der Waals surface area contributed by atoms with E-state index in [4.69, 9.17) is 9.47 Å². The molecule has 1 aromatic heterocycles. The Morgan fingerprint density at radius 2 is 1.74 bits per heavy atom. The number of ether oxygens (including phenoxy) is 2. The lowest BCUT2D eigenvalue weighted by molar-refractivity contribution is -0.155. The third kappa shape index (κ3) is 4.62. The molecule has 4 rings (SSSR count). The van der Waals surface area contributed by atoms with Crippen LogP contribution in [0.25, 0.3) is 11.0 Å². The minimum atomic E-state index is -3.70. The van der Waals surface area contributed by atoms with Gasteiger partial charge in [0.1, 0.15) is 5.75 Å². The molecule has 1 fully saturated rings. The lowest BCUT2D eigenvalue weighted by Crippen LogP contribution is -2.40. The highest BCUT2D eigenvalue weighted by molar-refractivity contribution is 7.89. The van der Waals surface area contributed by atoms with Crippen molar-refractivity contribution >= 4 is 27.0 Å². The summed E-state index contributed by atoms with van der Waals surface area (Å²) in [6.07, 6.45) is -0.451. The Morgan fingerprint density at radius 1 is 1.09 bits per heavy atom. The van der Waals surface area contributed by atoms with Crippen LogP contribution in [0.4, 0.5) is 8.78 Å². The van der Waals surface area contributed by atoms with E-state index < -0.39 is 34.6 Å². The Bertz CT molecular complexity index is 1270. The predicted octanol–water partition coefficient (Wildman–Crippen LogP) is 4.15. The van der Waals surface area contributed by atoms with Gasteiger partial charge in [0, 0.05) is 13.1 Å². The van der Waals surface area contributed by atoms with Crippen molar-refractivity contribution in [2.24, 2.45) is 5.92 Å². The molecule has 8 nitrogen and oxygen atoms in total. The van der Waals surface area contributed by atoms with Gasteiger partial charge in [0.15, 0.2) is 11.9 Å². The van der Waals surface area contributed by atoms with Crippen LogP contribution in [0.15, 0.2) is 53.4 Å². The first-order valence-electron chi connectivity index (χ1n) is 10.8. The van der Waals surface area contributed by atoms with Crippen molar-refractivity contribution in [2.45, 2.75) is 37.3 Å². The van der Waals surface area contributed by atoms with Gasteiger partial charge in [0.05, 0.1) is 29.0 Å². The number of rotatable bonds is 7. The summed E-state index contributed by atoms with van der Waals surface area (Å²) in [5, 5.41) is 0. The van der Waals surface area contributed by atoms with E-state index in [1.165, 1.54) is 36.5 Å². The number of piperidine rings is 1. The molecule has 0 saturated carbocycles. The third-order valence-corrected chi connectivity index (χ3v) is 7.87. The number of alkyl halides is 2. The van der Waals surface area contributed by atoms with Crippen molar-refractivity contribution in [3.8, 4) is 5.75 Å². The molecule has 1 aliphatic rings. The highest BCUT2D eigenvalue weighted by atomic mass is 32.2. The maximum atomic E-state index is 13.7. The molecule has 1 aliphatic heterocycles. The van der Waals surface area contributed by atoms with Gasteiger partial charge in [0.25, 0.3) is 0 Å². The van der Waals surface area contributed by atoms with E-state index in [9.17, 15) is 22.0 Å². The van der Waals surface area contributed by atoms with Crippen LogP contribution >= 0.6 is 0 Å². The molecule has 182 valence electrons. The number of sulfonamides is 1. The molecule has 2 heterocycles. The number of benzene rings is 2. The quantitative estimate of drug-likeness (QED) is 0.460. The molecule has 1 atom stereocenters. The number of hydrogen-bond acceptors (Lipinski definition) is 6. The first-order chi connectivity index (χ1) is 16.2. The van der Waals surface area contributed by atoms with Gasteiger partial charge in [-0.25, -0.2) is 13.4 Å². The van der Waals surface area contributed by atoms with Crippen LogP contribution in [0.5, 0.6) is 5.75 Å². The lowest BCUT2D eigenvalue weighted by Gasteiger charge is -2.30. The number of para-hydroxylation sites is 2. The molecule has 0 aliphatic carbocycles. The lowest BCUT2D eigenvalue weighted by atomic mass is 9.98. The molecule has 1 unspecified atom stereocenters. The summed E-state index contributed by atoms with van der Waals surface area (Å²) in [6, 6.07) is 12.6. The van der Waals surface area contributed by atoms with E-state index in [2.05, 4.69) is 4.98 Å². The molecule has 0 amide bonds. The van der Waals surface area contributed by atoms with Crippen LogP contribution in [0.2, 0.25) is 0 Å². The molecule has 0 bridgehead atoms. The number of fused-ring (bicyclic) bond motifs is 1. The Hall–Kier alpha value is -3.05. The third-order valence-electron chi connectivity index (χ3n) is 5.96. The summed E-state index contributed by atoms with van der Waals surface area (Å²) in [6.45, 7) is -1.04. The second-order valence-corrected chi connectivity index (χ2v) is 9.98. The molecule has 3 aromatic rings. The van der Waals surface area contributed by atoms with Crippen LogP contribution in [0.1, 0.15) is 38.2 Å². The number of hydrogen-bond donors (Lipinski definition) is 0. The van der Waals surface area contributed by atoms with Crippen molar-refractivity contribution in [1.82, 2.24) is 13.9 Å². The zero-order valence-corrected chi connectivity index (χ0v) is 19.5. The van der Waals surface area contributed by atoms with Crippen molar-refractivity contribution in [3.63, 3.8) is 0 Å². The summed E-state index contributed by atoms with van der Waals surface area (Å²) in [7, 11) is -2.21. The van der Waals surface area contributed by atoms with E-state index in [0.29, 0.717) is 11.3 Å². The topological polar surface area (TPSA) is 90.7 Å².